The van der Waals surface area contributed by atoms with Crippen molar-refractivity contribution in [3.63, 3.8) is 0 Å². The van der Waals surface area contributed by atoms with Crippen molar-refractivity contribution in [1.82, 2.24) is 5.32 Å². The van der Waals surface area contributed by atoms with E-state index in [9.17, 15) is 27.2 Å². The molecule has 1 fully saturated rings. The molecule has 3 aromatic rings. The van der Waals surface area contributed by atoms with E-state index in [2.05, 4.69) is 5.32 Å². The van der Waals surface area contributed by atoms with Crippen LogP contribution in [0.15, 0.2) is 60.7 Å². The Morgan fingerprint density at radius 1 is 1.05 bits per heavy atom. The lowest BCUT2D eigenvalue weighted by molar-refractivity contribution is -0.137. The van der Waals surface area contributed by atoms with E-state index < -0.39 is 35.0 Å². The van der Waals surface area contributed by atoms with Gasteiger partial charge in [-0.15, -0.1) is 0 Å². The summed E-state index contributed by atoms with van der Waals surface area (Å²) in [4.78, 5) is 26.7. The average Bonchev–Trinajstić information content (AvgIpc) is 3.58. The number of aromatic carboxylic acids is 1. The maximum Gasteiger partial charge on any atom is 0.416 e. The number of anilines is 1. The fourth-order valence-electron chi connectivity index (χ4n) is 5.25. The van der Waals surface area contributed by atoms with Gasteiger partial charge in [0.15, 0.2) is 0 Å². The third-order valence-electron chi connectivity index (χ3n) is 7.48. The molecule has 0 bridgehead atoms. The molecule has 9 heteroatoms. The van der Waals surface area contributed by atoms with Gasteiger partial charge in [-0.25, -0.2) is 9.18 Å². The predicted molar refractivity (Wildman–Crippen MR) is 134 cm³/mol. The van der Waals surface area contributed by atoms with Crippen LogP contribution in [-0.2, 0) is 18.3 Å². The molecule has 1 amide bonds. The highest BCUT2D eigenvalue weighted by molar-refractivity contribution is 6.02. The third kappa shape index (κ3) is 4.85. The van der Waals surface area contributed by atoms with E-state index in [-0.39, 0.29) is 23.6 Å². The van der Waals surface area contributed by atoms with E-state index in [0.717, 1.165) is 17.7 Å². The summed E-state index contributed by atoms with van der Waals surface area (Å²) in [6, 6.07) is 13.9. The highest BCUT2D eigenvalue weighted by atomic mass is 19.4. The standard InChI is InChI=1S/C29H26F4N2O3/c1-2-18-16-35(15-17-3-7-21(8-4-17)29(31,32)33)25-23(18)13-22(30)14-24(25)26(36)34-28(11-12-28)20-9-5-19(6-10-20)27(37)38/h3-10,13-14,18H,2,11-12,15-16H2,1H3,(H,34,36)(H,37,38). The fourth-order valence-corrected chi connectivity index (χ4v) is 5.25. The van der Waals surface area contributed by atoms with Gasteiger partial charge in [0.2, 0.25) is 0 Å². The molecule has 198 valence electrons. The molecule has 2 aliphatic rings. The van der Waals surface area contributed by atoms with Gasteiger partial charge < -0.3 is 15.3 Å². The molecule has 5 nitrogen and oxygen atoms in total. The molecule has 0 radical (unpaired) electrons. The van der Waals surface area contributed by atoms with Crippen LogP contribution in [0, 0.1) is 5.82 Å². The Morgan fingerprint density at radius 2 is 1.71 bits per heavy atom. The van der Waals surface area contributed by atoms with E-state index in [0.29, 0.717) is 42.6 Å². The van der Waals surface area contributed by atoms with Crippen LogP contribution in [0.5, 0.6) is 0 Å². The van der Waals surface area contributed by atoms with Gasteiger partial charge in [0.25, 0.3) is 5.91 Å². The maximum atomic E-state index is 14.7. The quantitative estimate of drug-likeness (QED) is 0.346. The second kappa shape index (κ2) is 9.45. The molecule has 1 unspecified atom stereocenters. The van der Waals surface area contributed by atoms with Gasteiger partial charge in [0.05, 0.1) is 27.9 Å². The Balaban J connectivity index is 1.44. The first-order chi connectivity index (χ1) is 18.0. The van der Waals surface area contributed by atoms with Crippen LogP contribution in [0.3, 0.4) is 0 Å². The first-order valence-corrected chi connectivity index (χ1v) is 12.4. The summed E-state index contributed by atoms with van der Waals surface area (Å²) in [5.41, 5.74) is 1.65. The number of carboxylic acid groups (broad SMARTS) is 1. The number of nitrogens with one attached hydrogen (secondary N) is 1. The van der Waals surface area contributed by atoms with Crippen LogP contribution in [0.25, 0.3) is 0 Å². The molecular formula is C29H26F4N2O3. The first kappa shape index (κ1) is 25.8. The molecular weight excluding hydrogens is 500 g/mol. The van der Waals surface area contributed by atoms with E-state index in [1.54, 1.807) is 12.1 Å². The molecule has 3 aromatic carbocycles. The number of carbonyl (C=O) groups excluding carboxylic acids is 1. The lowest BCUT2D eigenvalue weighted by Crippen LogP contribution is -2.36. The molecule has 0 spiro atoms. The van der Waals surface area contributed by atoms with Gasteiger partial charge in [-0.1, -0.05) is 31.2 Å². The molecule has 1 saturated carbocycles. The summed E-state index contributed by atoms with van der Waals surface area (Å²) in [5.74, 6) is -2.05. The fraction of sp³-hybridized carbons (Fsp3) is 0.310. The molecule has 0 saturated heterocycles. The second-order valence-electron chi connectivity index (χ2n) is 9.99. The zero-order chi connectivity index (χ0) is 27.2. The van der Waals surface area contributed by atoms with Gasteiger partial charge in [-0.3, -0.25) is 4.79 Å². The Bertz CT molecular complexity index is 1380. The van der Waals surface area contributed by atoms with Gasteiger partial charge in [-0.05, 0) is 72.4 Å². The van der Waals surface area contributed by atoms with Crippen LogP contribution in [-0.4, -0.2) is 23.5 Å². The molecule has 1 aliphatic carbocycles. The number of hydrogen-bond donors (Lipinski definition) is 2. The number of halogens is 4. The van der Waals surface area contributed by atoms with Crippen molar-refractivity contribution < 1.29 is 32.3 Å². The van der Waals surface area contributed by atoms with Crippen molar-refractivity contribution in [1.29, 1.82) is 0 Å². The lowest BCUT2D eigenvalue weighted by Gasteiger charge is -2.24. The Hall–Kier alpha value is -3.88. The normalized spacial score (nSPS) is 17.7. The number of hydrogen-bond acceptors (Lipinski definition) is 3. The minimum atomic E-state index is -4.43. The SMILES string of the molecule is CCC1CN(Cc2ccc(C(F)(F)F)cc2)c2c(C(=O)NC3(c4ccc(C(=O)O)cc4)CC3)cc(F)cc21. The molecule has 1 aliphatic heterocycles. The summed E-state index contributed by atoms with van der Waals surface area (Å²) in [5, 5.41) is 12.2. The minimum Gasteiger partial charge on any atom is -0.478 e. The number of fused-ring (bicyclic) bond motifs is 1. The Labute approximate surface area is 217 Å². The number of nitrogens with zero attached hydrogens (tertiary/aromatic N) is 1. The van der Waals surface area contributed by atoms with Crippen LogP contribution < -0.4 is 10.2 Å². The van der Waals surface area contributed by atoms with E-state index in [4.69, 9.17) is 5.11 Å². The summed E-state index contributed by atoms with van der Waals surface area (Å²) in [7, 11) is 0. The molecule has 5 rings (SSSR count). The third-order valence-corrected chi connectivity index (χ3v) is 7.48. The highest BCUT2D eigenvalue weighted by Gasteiger charge is 2.46. The van der Waals surface area contributed by atoms with Crippen LogP contribution in [0.4, 0.5) is 23.2 Å². The molecule has 0 aromatic heterocycles. The van der Waals surface area contributed by atoms with Crippen molar-refractivity contribution in [2.45, 2.75) is 50.4 Å². The summed E-state index contributed by atoms with van der Waals surface area (Å²) in [6.07, 6.45) is -2.40. The maximum absolute atomic E-state index is 14.7. The zero-order valence-corrected chi connectivity index (χ0v) is 20.6. The average molecular weight is 527 g/mol. The number of amides is 1. The van der Waals surface area contributed by atoms with E-state index in [1.807, 2.05) is 11.8 Å². The largest absolute Gasteiger partial charge is 0.478 e. The first-order valence-electron chi connectivity index (χ1n) is 12.4. The van der Waals surface area contributed by atoms with E-state index >= 15 is 0 Å². The van der Waals surface area contributed by atoms with Crippen molar-refractivity contribution in [3.8, 4) is 0 Å². The Morgan fingerprint density at radius 3 is 2.26 bits per heavy atom. The highest BCUT2D eigenvalue weighted by Crippen LogP contribution is 2.47. The zero-order valence-electron chi connectivity index (χ0n) is 20.6. The van der Waals surface area contributed by atoms with Gasteiger partial charge >= 0.3 is 12.1 Å². The van der Waals surface area contributed by atoms with Crippen molar-refractivity contribution in [2.24, 2.45) is 0 Å². The second-order valence-corrected chi connectivity index (χ2v) is 9.99. The lowest BCUT2D eigenvalue weighted by atomic mass is 9.96. The molecule has 1 atom stereocenters. The summed E-state index contributed by atoms with van der Waals surface area (Å²) < 4.78 is 53.7. The van der Waals surface area contributed by atoms with Gasteiger partial charge in [0.1, 0.15) is 5.82 Å². The van der Waals surface area contributed by atoms with Gasteiger partial charge in [0, 0.05) is 19.0 Å². The minimum absolute atomic E-state index is 0.0276. The van der Waals surface area contributed by atoms with Crippen molar-refractivity contribution in [2.75, 3.05) is 11.4 Å². The van der Waals surface area contributed by atoms with Gasteiger partial charge in [-0.2, -0.15) is 13.2 Å². The Kier molecular flexibility index (Phi) is 6.41. The number of benzene rings is 3. The summed E-state index contributed by atoms with van der Waals surface area (Å²) >= 11 is 0. The predicted octanol–water partition coefficient (Wildman–Crippen LogP) is 6.48. The number of carbonyl (C=O) groups is 2. The van der Waals surface area contributed by atoms with Crippen LogP contribution in [0.1, 0.15) is 75.1 Å². The smallest absolute Gasteiger partial charge is 0.416 e. The number of alkyl halides is 3. The molecule has 38 heavy (non-hydrogen) atoms. The molecule has 1 heterocycles. The van der Waals surface area contributed by atoms with Crippen molar-refractivity contribution in [3.05, 3.63) is 99.9 Å². The van der Waals surface area contributed by atoms with Crippen molar-refractivity contribution >= 4 is 17.6 Å². The molecule has 2 N–H and O–H groups in total. The van der Waals surface area contributed by atoms with Crippen LogP contribution >= 0.6 is 0 Å². The monoisotopic (exact) mass is 526 g/mol. The van der Waals surface area contributed by atoms with Crippen LogP contribution in [0.2, 0.25) is 0 Å². The number of rotatable bonds is 7. The topological polar surface area (TPSA) is 69.6 Å². The summed E-state index contributed by atoms with van der Waals surface area (Å²) in [6.45, 7) is 2.76. The van der Waals surface area contributed by atoms with E-state index in [1.165, 1.54) is 36.4 Å². The number of carboxylic acids is 1.